The Bertz CT molecular complexity index is 392. The van der Waals surface area contributed by atoms with Crippen LogP contribution < -0.4 is 0 Å². The van der Waals surface area contributed by atoms with E-state index in [-0.39, 0.29) is 33.0 Å². The lowest BCUT2D eigenvalue weighted by Gasteiger charge is -2.25. The van der Waals surface area contributed by atoms with E-state index in [1.807, 2.05) is 0 Å². The maximum Gasteiger partial charge on any atom is 0.474 e. The van der Waals surface area contributed by atoms with Crippen LogP contribution in [-0.2, 0) is 31.7 Å². The molecule has 1 unspecified atom stereocenters. The fraction of sp³-hybridized carbons (Fsp3) is 1.00. The van der Waals surface area contributed by atoms with Crippen molar-refractivity contribution in [3.05, 3.63) is 0 Å². The van der Waals surface area contributed by atoms with Gasteiger partial charge in [-0.2, -0.15) is 0 Å². The molecule has 0 aromatic heterocycles. The lowest BCUT2D eigenvalue weighted by atomic mass is 10.5. The number of rotatable bonds is 16. The quantitative estimate of drug-likeness (QED) is 0.165. The van der Waals surface area contributed by atoms with Crippen LogP contribution in [0.15, 0.2) is 0 Å². The molecule has 0 saturated heterocycles. The van der Waals surface area contributed by atoms with E-state index < -0.39 is 21.1 Å². The Morgan fingerprint density at radius 1 is 0.708 bits per heavy atom. The Balaban J connectivity index is 4.81. The van der Waals surface area contributed by atoms with Gasteiger partial charge in [0.1, 0.15) is 0 Å². The van der Waals surface area contributed by atoms with E-state index in [0.717, 1.165) is 0 Å². The van der Waals surface area contributed by atoms with Crippen molar-refractivity contribution in [1.82, 2.24) is 0 Å². The van der Waals surface area contributed by atoms with Crippen molar-refractivity contribution < 1.29 is 31.7 Å². The summed E-state index contributed by atoms with van der Waals surface area (Å²) in [4.78, 5) is 0. The first-order valence-electron chi connectivity index (χ1n) is 7.03. The van der Waals surface area contributed by atoms with Crippen molar-refractivity contribution >= 4 is 79.1 Å². The van der Waals surface area contributed by atoms with Gasteiger partial charge in [0.05, 0.1) is 38.7 Å². The third-order valence-corrected chi connectivity index (χ3v) is 7.44. The van der Waals surface area contributed by atoms with Gasteiger partial charge in [-0.3, -0.25) is 18.1 Å². The van der Waals surface area contributed by atoms with E-state index in [4.69, 9.17) is 22.6 Å². The first-order chi connectivity index (χ1) is 11.4. The molecule has 0 amide bonds. The van der Waals surface area contributed by atoms with Gasteiger partial charge >= 0.3 is 15.4 Å². The zero-order valence-electron chi connectivity index (χ0n) is 13.2. The number of alkyl halides is 4. The molecule has 0 N–H and O–H groups in total. The van der Waals surface area contributed by atoms with Gasteiger partial charge in [-0.15, -0.1) is 0 Å². The first kappa shape index (κ1) is 26.2. The summed E-state index contributed by atoms with van der Waals surface area (Å²) >= 11 is 12.8. The van der Waals surface area contributed by atoms with E-state index in [9.17, 15) is 9.13 Å². The molecule has 13 heteroatoms. The van der Waals surface area contributed by atoms with Gasteiger partial charge in [-0.05, 0) is 6.92 Å². The second-order valence-corrected chi connectivity index (χ2v) is 11.5. The van der Waals surface area contributed by atoms with Crippen LogP contribution in [0.4, 0.5) is 0 Å². The summed E-state index contributed by atoms with van der Waals surface area (Å²) < 4.78 is 51.7. The third kappa shape index (κ3) is 11.1. The lowest BCUT2D eigenvalue weighted by Crippen LogP contribution is -2.18. The Morgan fingerprint density at radius 2 is 1.08 bits per heavy atom. The van der Waals surface area contributed by atoms with Crippen molar-refractivity contribution in [3.63, 3.8) is 0 Å². The molecule has 0 aliphatic carbocycles. The molecule has 146 valence electrons. The average Bonchev–Trinajstić information content (AvgIpc) is 2.59. The van der Waals surface area contributed by atoms with E-state index in [1.165, 1.54) is 0 Å². The number of hydrogen-bond donors (Lipinski definition) is 0. The number of hydrogen-bond acceptors (Lipinski definition) is 7. The normalized spacial score (nSPS) is 14.0. The first-order valence-corrected chi connectivity index (χ1v) is 14.6. The molecule has 0 aromatic rings. The van der Waals surface area contributed by atoms with Crippen LogP contribution in [0, 0.1) is 0 Å². The summed E-state index contributed by atoms with van der Waals surface area (Å²) in [5.41, 5.74) is -0.635. The van der Waals surface area contributed by atoms with Crippen molar-refractivity contribution in [1.29, 1.82) is 0 Å². The van der Waals surface area contributed by atoms with Gasteiger partial charge in [0, 0.05) is 21.3 Å². The Kier molecular flexibility index (Phi) is 16.5. The van der Waals surface area contributed by atoms with E-state index in [1.54, 1.807) is 6.92 Å². The predicted molar refractivity (Wildman–Crippen MR) is 110 cm³/mol. The zero-order valence-corrected chi connectivity index (χ0v) is 21.3. The fourth-order valence-electron chi connectivity index (χ4n) is 1.31. The molecule has 0 aromatic carbocycles. The Hall–Kier alpha value is 2.18. The van der Waals surface area contributed by atoms with Gasteiger partial charge in [0.15, 0.2) is 0 Å². The highest BCUT2D eigenvalue weighted by molar-refractivity contribution is 9.09. The highest BCUT2D eigenvalue weighted by Crippen LogP contribution is 2.56. The maximum atomic E-state index is 12.8. The summed E-state index contributed by atoms with van der Waals surface area (Å²) in [5.74, 6) is 0. The zero-order chi connectivity index (χ0) is 18.5. The molecule has 0 radical (unpaired) electrons. The summed E-state index contributed by atoms with van der Waals surface area (Å²) in [7, 11) is -7.16. The van der Waals surface area contributed by atoms with E-state index >= 15 is 0 Å². The molecule has 0 heterocycles. The highest BCUT2D eigenvalue weighted by atomic mass is 79.9. The minimum atomic E-state index is -3.74. The van der Waals surface area contributed by atoms with Crippen LogP contribution in [0.1, 0.15) is 6.92 Å². The molecule has 1 atom stereocenters. The predicted octanol–water partition coefficient (Wildman–Crippen LogP) is 5.34. The minimum Gasteiger partial charge on any atom is -0.307 e. The van der Waals surface area contributed by atoms with E-state index in [2.05, 4.69) is 63.7 Å². The monoisotopic (exact) mass is 644 g/mol. The smallest absolute Gasteiger partial charge is 0.307 e. The number of halogens is 4. The van der Waals surface area contributed by atoms with Crippen LogP contribution in [0.25, 0.3) is 0 Å². The van der Waals surface area contributed by atoms with Crippen molar-refractivity contribution in [2.24, 2.45) is 0 Å². The standard InChI is InChI=1S/C11H22Br4O7P2/c1-11(23(16,18-6-2-12)19-7-3-13)10-22-24(17,20-8-4-14)21-9-5-15/h11H,2-10H2,1H3. The second kappa shape index (κ2) is 15.1. The Morgan fingerprint density at radius 3 is 1.46 bits per heavy atom. The van der Waals surface area contributed by atoms with Crippen LogP contribution in [0.5, 0.6) is 0 Å². The van der Waals surface area contributed by atoms with E-state index in [0.29, 0.717) is 21.3 Å². The number of phosphoric ester groups is 1. The SMILES string of the molecule is CC(COP(=O)(OCCBr)OCCBr)P(=O)(OCCBr)OCCBr. The molecule has 0 rings (SSSR count). The van der Waals surface area contributed by atoms with Crippen molar-refractivity contribution in [2.45, 2.75) is 12.6 Å². The lowest BCUT2D eigenvalue weighted by molar-refractivity contribution is 0.120. The van der Waals surface area contributed by atoms with Gasteiger partial charge in [-0.1, -0.05) is 63.7 Å². The largest absolute Gasteiger partial charge is 0.474 e. The second-order valence-electron chi connectivity index (χ2n) is 4.22. The molecule has 7 nitrogen and oxygen atoms in total. The summed E-state index contributed by atoms with van der Waals surface area (Å²) in [6.45, 7) is 2.26. The van der Waals surface area contributed by atoms with Gasteiger partial charge < -0.3 is 9.05 Å². The van der Waals surface area contributed by atoms with Gasteiger partial charge in [-0.25, -0.2) is 4.57 Å². The molecule has 0 aliphatic rings. The summed E-state index contributed by atoms with van der Waals surface area (Å²) in [6, 6.07) is 0. The molecule has 0 fully saturated rings. The van der Waals surface area contributed by atoms with Crippen molar-refractivity contribution in [2.75, 3.05) is 54.4 Å². The van der Waals surface area contributed by atoms with Crippen LogP contribution in [0.3, 0.4) is 0 Å². The van der Waals surface area contributed by atoms with Gasteiger partial charge in [0.2, 0.25) is 0 Å². The van der Waals surface area contributed by atoms with Crippen LogP contribution in [0.2, 0.25) is 0 Å². The van der Waals surface area contributed by atoms with Gasteiger partial charge in [0.25, 0.3) is 0 Å². The molecular formula is C11H22Br4O7P2. The molecule has 0 bridgehead atoms. The summed E-state index contributed by atoms with van der Waals surface area (Å²) in [5, 5.41) is 2.00. The molecule has 0 saturated carbocycles. The van der Waals surface area contributed by atoms with Crippen LogP contribution >= 0.6 is 79.1 Å². The molecule has 24 heavy (non-hydrogen) atoms. The van der Waals surface area contributed by atoms with Crippen LogP contribution in [-0.4, -0.2) is 60.0 Å². The molecule has 0 spiro atoms. The summed E-state index contributed by atoms with van der Waals surface area (Å²) in [6.07, 6.45) is 0. The maximum absolute atomic E-state index is 12.8. The highest BCUT2D eigenvalue weighted by Gasteiger charge is 2.36. The average molecular weight is 648 g/mol. The molecule has 0 aliphatic heterocycles. The third-order valence-electron chi connectivity index (χ3n) is 2.36. The van der Waals surface area contributed by atoms with Crippen molar-refractivity contribution in [3.8, 4) is 0 Å². The fourth-order valence-corrected chi connectivity index (χ4v) is 5.87. The topological polar surface area (TPSA) is 80.3 Å². The molecular weight excluding hydrogens is 626 g/mol. The Labute approximate surface area is 176 Å². The number of phosphoric acid groups is 1. The minimum absolute atomic E-state index is 0.149.